The SMILES string of the molecule is CNC1CCCN(C(=O)CCOc2ccc(S(C)(=O)=O)cc2)C1.Cl. The third-order valence-electron chi connectivity index (χ3n) is 4.02. The van der Waals surface area contributed by atoms with Crippen LogP contribution in [0.4, 0.5) is 0 Å². The van der Waals surface area contributed by atoms with Gasteiger partial charge in [0.1, 0.15) is 5.75 Å². The topological polar surface area (TPSA) is 75.7 Å². The first-order chi connectivity index (χ1) is 10.9. The van der Waals surface area contributed by atoms with Crippen molar-refractivity contribution >= 4 is 28.2 Å². The van der Waals surface area contributed by atoms with Gasteiger partial charge in [0.2, 0.25) is 5.91 Å². The Hall–Kier alpha value is -1.31. The summed E-state index contributed by atoms with van der Waals surface area (Å²) in [5.41, 5.74) is 0. The minimum atomic E-state index is -3.20. The molecule has 24 heavy (non-hydrogen) atoms. The molecule has 0 bridgehead atoms. The molecular weight excluding hydrogens is 352 g/mol. The molecule has 1 heterocycles. The standard InChI is InChI=1S/C16H24N2O4S.ClH/c1-17-13-4-3-10-18(12-13)16(19)9-11-22-14-5-7-15(8-6-14)23(2,20)21;/h5-8,13,17H,3-4,9-12H2,1-2H3;1H. The molecule has 6 nitrogen and oxygen atoms in total. The van der Waals surface area contributed by atoms with E-state index in [4.69, 9.17) is 4.74 Å². The highest BCUT2D eigenvalue weighted by Crippen LogP contribution is 2.16. The number of likely N-dealkylation sites (N-methyl/N-ethyl adjacent to an activating group) is 1. The number of hydrogen-bond donors (Lipinski definition) is 1. The molecule has 1 saturated heterocycles. The molecule has 136 valence electrons. The fraction of sp³-hybridized carbons (Fsp3) is 0.562. The van der Waals surface area contributed by atoms with Crippen LogP contribution >= 0.6 is 12.4 Å². The number of nitrogens with zero attached hydrogens (tertiary/aromatic N) is 1. The lowest BCUT2D eigenvalue weighted by molar-refractivity contribution is -0.133. The van der Waals surface area contributed by atoms with Crippen LogP contribution in [0.2, 0.25) is 0 Å². The number of carbonyl (C=O) groups is 1. The Labute approximate surface area is 149 Å². The third kappa shape index (κ3) is 5.96. The van der Waals surface area contributed by atoms with Crippen molar-refractivity contribution in [3.63, 3.8) is 0 Å². The Morgan fingerprint density at radius 2 is 2.00 bits per heavy atom. The number of amides is 1. The molecule has 1 aliphatic rings. The van der Waals surface area contributed by atoms with E-state index in [1.165, 1.54) is 18.4 Å². The van der Waals surface area contributed by atoms with Gasteiger partial charge in [-0.05, 0) is 44.2 Å². The van der Waals surface area contributed by atoms with E-state index in [0.717, 1.165) is 25.9 Å². The zero-order valence-corrected chi connectivity index (χ0v) is 15.7. The summed E-state index contributed by atoms with van der Waals surface area (Å²) in [5.74, 6) is 0.662. The maximum Gasteiger partial charge on any atom is 0.226 e. The number of hydrogen-bond acceptors (Lipinski definition) is 5. The van der Waals surface area contributed by atoms with Crippen LogP contribution in [0.15, 0.2) is 29.2 Å². The molecule has 1 atom stereocenters. The van der Waals surface area contributed by atoms with Gasteiger partial charge in [0.05, 0.1) is 17.9 Å². The Morgan fingerprint density at radius 3 is 2.58 bits per heavy atom. The average molecular weight is 377 g/mol. The monoisotopic (exact) mass is 376 g/mol. The highest BCUT2D eigenvalue weighted by molar-refractivity contribution is 7.90. The van der Waals surface area contributed by atoms with Crippen LogP contribution in [0.5, 0.6) is 5.75 Å². The van der Waals surface area contributed by atoms with Crippen LogP contribution < -0.4 is 10.1 Å². The summed E-state index contributed by atoms with van der Waals surface area (Å²) in [7, 11) is -1.28. The second-order valence-electron chi connectivity index (χ2n) is 5.81. The number of likely N-dealkylation sites (tertiary alicyclic amines) is 1. The minimum absolute atomic E-state index is 0. The Morgan fingerprint density at radius 1 is 1.33 bits per heavy atom. The maximum absolute atomic E-state index is 12.2. The van der Waals surface area contributed by atoms with Crippen LogP contribution in [0.1, 0.15) is 19.3 Å². The van der Waals surface area contributed by atoms with E-state index in [2.05, 4.69) is 5.32 Å². The van der Waals surface area contributed by atoms with Crippen molar-refractivity contribution in [2.75, 3.05) is 33.0 Å². The molecule has 0 aromatic heterocycles. The molecule has 0 radical (unpaired) electrons. The van der Waals surface area contributed by atoms with Crippen molar-refractivity contribution in [2.24, 2.45) is 0 Å². The number of halogens is 1. The molecule has 1 aliphatic heterocycles. The Kier molecular flexibility index (Phi) is 7.99. The Balaban J connectivity index is 0.00000288. The van der Waals surface area contributed by atoms with Crippen LogP contribution in [0.25, 0.3) is 0 Å². The summed E-state index contributed by atoms with van der Waals surface area (Å²) < 4.78 is 28.3. The average Bonchev–Trinajstić information content (AvgIpc) is 2.54. The number of rotatable bonds is 6. The van der Waals surface area contributed by atoms with Gasteiger partial charge in [-0.3, -0.25) is 4.79 Å². The second-order valence-corrected chi connectivity index (χ2v) is 7.83. The smallest absolute Gasteiger partial charge is 0.226 e. The zero-order valence-electron chi connectivity index (χ0n) is 14.0. The first-order valence-electron chi connectivity index (χ1n) is 7.78. The first-order valence-corrected chi connectivity index (χ1v) is 9.67. The molecule has 1 fully saturated rings. The van der Waals surface area contributed by atoms with E-state index < -0.39 is 9.84 Å². The summed E-state index contributed by atoms with van der Waals surface area (Å²) in [4.78, 5) is 14.3. The van der Waals surface area contributed by atoms with Crippen molar-refractivity contribution in [3.05, 3.63) is 24.3 Å². The fourth-order valence-electron chi connectivity index (χ4n) is 2.64. The zero-order chi connectivity index (χ0) is 16.9. The van der Waals surface area contributed by atoms with Crippen molar-refractivity contribution in [3.8, 4) is 5.75 Å². The quantitative estimate of drug-likeness (QED) is 0.814. The maximum atomic E-state index is 12.2. The van der Waals surface area contributed by atoms with Gasteiger partial charge in [0.15, 0.2) is 9.84 Å². The number of benzene rings is 1. The molecule has 1 unspecified atom stereocenters. The molecule has 2 rings (SSSR count). The van der Waals surface area contributed by atoms with E-state index in [-0.39, 0.29) is 29.8 Å². The predicted octanol–water partition coefficient (Wildman–Crippen LogP) is 1.49. The van der Waals surface area contributed by atoms with E-state index in [0.29, 0.717) is 18.2 Å². The summed E-state index contributed by atoms with van der Waals surface area (Å²) in [6, 6.07) is 6.61. The van der Waals surface area contributed by atoms with E-state index in [1.54, 1.807) is 12.1 Å². The fourth-order valence-corrected chi connectivity index (χ4v) is 3.27. The lowest BCUT2D eigenvalue weighted by atomic mass is 10.1. The molecule has 1 aromatic rings. The minimum Gasteiger partial charge on any atom is -0.493 e. The second kappa shape index (κ2) is 9.25. The first kappa shape index (κ1) is 20.7. The highest BCUT2D eigenvalue weighted by Gasteiger charge is 2.22. The molecule has 0 saturated carbocycles. The van der Waals surface area contributed by atoms with Gasteiger partial charge in [0, 0.05) is 25.4 Å². The van der Waals surface area contributed by atoms with E-state index >= 15 is 0 Å². The van der Waals surface area contributed by atoms with Gasteiger partial charge in [-0.25, -0.2) is 8.42 Å². The van der Waals surface area contributed by atoms with Crippen LogP contribution in [0, 0.1) is 0 Å². The molecule has 0 spiro atoms. The summed E-state index contributed by atoms with van der Waals surface area (Å²) in [5, 5.41) is 3.21. The summed E-state index contributed by atoms with van der Waals surface area (Å²) in [6.45, 7) is 1.84. The summed E-state index contributed by atoms with van der Waals surface area (Å²) >= 11 is 0. The van der Waals surface area contributed by atoms with Crippen LogP contribution in [-0.2, 0) is 14.6 Å². The van der Waals surface area contributed by atoms with E-state index in [1.807, 2.05) is 11.9 Å². The molecule has 1 N–H and O–H groups in total. The van der Waals surface area contributed by atoms with Crippen molar-refractivity contribution < 1.29 is 17.9 Å². The van der Waals surface area contributed by atoms with Gasteiger partial charge >= 0.3 is 0 Å². The molecule has 8 heteroatoms. The van der Waals surface area contributed by atoms with Crippen LogP contribution in [-0.4, -0.2) is 58.3 Å². The molecule has 1 amide bonds. The lowest BCUT2D eigenvalue weighted by Crippen LogP contribution is -2.47. The van der Waals surface area contributed by atoms with Crippen LogP contribution in [0.3, 0.4) is 0 Å². The highest BCUT2D eigenvalue weighted by atomic mass is 35.5. The molecule has 1 aromatic carbocycles. The third-order valence-corrected chi connectivity index (χ3v) is 5.15. The van der Waals surface area contributed by atoms with Gasteiger partial charge < -0.3 is 15.0 Å². The van der Waals surface area contributed by atoms with Gasteiger partial charge in [-0.2, -0.15) is 0 Å². The van der Waals surface area contributed by atoms with Crippen molar-refractivity contribution in [2.45, 2.75) is 30.2 Å². The predicted molar refractivity (Wildman–Crippen MR) is 95.6 cm³/mol. The lowest BCUT2D eigenvalue weighted by Gasteiger charge is -2.32. The number of piperidine rings is 1. The molecular formula is C16H25ClN2O4S. The van der Waals surface area contributed by atoms with Gasteiger partial charge in [-0.1, -0.05) is 0 Å². The number of nitrogens with one attached hydrogen (secondary N) is 1. The molecule has 0 aliphatic carbocycles. The van der Waals surface area contributed by atoms with Crippen molar-refractivity contribution in [1.29, 1.82) is 0 Å². The van der Waals surface area contributed by atoms with Crippen molar-refractivity contribution in [1.82, 2.24) is 10.2 Å². The normalized spacial score (nSPS) is 17.9. The van der Waals surface area contributed by atoms with Gasteiger partial charge in [-0.15, -0.1) is 12.4 Å². The number of carbonyl (C=O) groups excluding carboxylic acids is 1. The largest absolute Gasteiger partial charge is 0.493 e. The van der Waals surface area contributed by atoms with Gasteiger partial charge in [0.25, 0.3) is 0 Å². The van der Waals surface area contributed by atoms with E-state index in [9.17, 15) is 13.2 Å². The number of sulfone groups is 1. The number of ether oxygens (including phenoxy) is 1. The summed E-state index contributed by atoms with van der Waals surface area (Å²) in [6.07, 6.45) is 3.61. The Bertz CT molecular complexity index is 634.